The lowest BCUT2D eigenvalue weighted by molar-refractivity contribution is -0.0411. The molecule has 1 heterocycles. The molecule has 0 N–H and O–H groups in total. The highest BCUT2D eigenvalue weighted by atomic mass is 19.3. The molecule has 12 heavy (non-hydrogen) atoms. The van der Waals surface area contributed by atoms with E-state index in [1.165, 1.54) is 0 Å². The summed E-state index contributed by atoms with van der Waals surface area (Å²) < 4.78 is 26.5. The summed E-state index contributed by atoms with van der Waals surface area (Å²) in [6.07, 6.45) is 0. The first-order chi connectivity index (χ1) is 5.47. The van der Waals surface area contributed by atoms with Gasteiger partial charge in [0.1, 0.15) is 0 Å². The van der Waals surface area contributed by atoms with Crippen molar-refractivity contribution in [2.24, 2.45) is 11.8 Å². The quantitative estimate of drug-likeness (QED) is 0.625. The van der Waals surface area contributed by atoms with E-state index in [9.17, 15) is 8.78 Å². The molecule has 1 rings (SSSR count). The van der Waals surface area contributed by atoms with Crippen molar-refractivity contribution >= 4 is 0 Å². The third kappa shape index (κ3) is 1.76. The Labute approximate surface area is 72.7 Å². The molecule has 0 bridgehead atoms. The van der Waals surface area contributed by atoms with E-state index in [1.54, 1.807) is 0 Å². The predicted octanol–water partition coefficient (Wildman–Crippen LogP) is 2.23. The maximum absolute atomic E-state index is 13.3. The number of hydrogen-bond donors (Lipinski definition) is 0. The van der Waals surface area contributed by atoms with Crippen molar-refractivity contribution in [2.45, 2.75) is 26.7 Å². The van der Waals surface area contributed by atoms with Gasteiger partial charge in [0.25, 0.3) is 5.92 Å². The van der Waals surface area contributed by atoms with Gasteiger partial charge < -0.3 is 0 Å². The van der Waals surface area contributed by atoms with Crippen molar-refractivity contribution in [3.8, 4) is 0 Å². The largest absolute Gasteiger partial charge is 0.297 e. The Morgan fingerprint density at radius 2 is 2.08 bits per heavy atom. The number of halogens is 2. The minimum atomic E-state index is -2.47. The van der Waals surface area contributed by atoms with E-state index in [0.29, 0.717) is 6.54 Å². The summed E-state index contributed by atoms with van der Waals surface area (Å²) in [7, 11) is 0. The molecule has 3 heteroatoms. The van der Waals surface area contributed by atoms with Crippen LogP contribution in [0.1, 0.15) is 20.8 Å². The molecule has 1 saturated heterocycles. The number of alkyl halides is 2. The van der Waals surface area contributed by atoms with Gasteiger partial charge in [0.2, 0.25) is 0 Å². The minimum Gasteiger partial charge on any atom is -0.297 e. The fraction of sp³-hybridized carbons (Fsp3) is 1.00. The Hall–Kier alpha value is -0.180. The second-order valence-corrected chi connectivity index (χ2v) is 3.94. The predicted molar refractivity (Wildman–Crippen MR) is 45.4 cm³/mol. The van der Waals surface area contributed by atoms with E-state index in [0.717, 1.165) is 6.54 Å². The van der Waals surface area contributed by atoms with Crippen molar-refractivity contribution in [3.05, 3.63) is 0 Å². The zero-order valence-electron chi connectivity index (χ0n) is 7.98. The zero-order valence-corrected chi connectivity index (χ0v) is 7.98. The van der Waals surface area contributed by atoms with Crippen molar-refractivity contribution in [1.29, 1.82) is 0 Å². The van der Waals surface area contributed by atoms with Gasteiger partial charge in [-0.2, -0.15) is 0 Å². The van der Waals surface area contributed by atoms with Gasteiger partial charge in [-0.3, -0.25) is 4.90 Å². The van der Waals surface area contributed by atoms with E-state index in [-0.39, 0.29) is 12.5 Å². The van der Waals surface area contributed by atoms with Gasteiger partial charge in [-0.25, -0.2) is 8.78 Å². The van der Waals surface area contributed by atoms with Crippen LogP contribution in [0.15, 0.2) is 0 Å². The molecule has 0 saturated carbocycles. The maximum Gasteiger partial charge on any atom is 0.264 e. The van der Waals surface area contributed by atoms with Crippen LogP contribution in [0, 0.1) is 11.8 Å². The highest BCUT2D eigenvalue weighted by Gasteiger charge is 2.48. The Bertz CT molecular complexity index is 157. The molecule has 0 amide bonds. The molecule has 0 aromatic rings. The van der Waals surface area contributed by atoms with Crippen molar-refractivity contribution in [2.75, 3.05) is 19.6 Å². The van der Waals surface area contributed by atoms with E-state index >= 15 is 0 Å². The van der Waals surface area contributed by atoms with Crippen LogP contribution in [-0.4, -0.2) is 30.5 Å². The molecule has 0 aromatic heterocycles. The number of nitrogens with zero attached hydrogens (tertiary/aromatic N) is 1. The molecule has 72 valence electrons. The Kier molecular flexibility index (Phi) is 2.71. The standard InChI is InChI=1S/C9H17F2N/c1-4-12-5-8(7(2)3)9(10,11)6-12/h7-8H,4-6H2,1-3H3. The van der Waals surface area contributed by atoms with Crippen LogP contribution in [0.5, 0.6) is 0 Å². The van der Waals surface area contributed by atoms with E-state index in [4.69, 9.17) is 0 Å². The van der Waals surface area contributed by atoms with Crippen LogP contribution in [0.4, 0.5) is 8.78 Å². The lowest BCUT2D eigenvalue weighted by Crippen LogP contribution is -2.30. The monoisotopic (exact) mass is 177 g/mol. The van der Waals surface area contributed by atoms with Gasteiger partial charge in [0, 0.05) is 12.5 Å². The van der Waals surface area contributed by atoms with Crippen LogP contribution in [-0.2, 0) is 0 Å². The maximum atomic E-state index is 13.3. The summed E-state index contributed by atoms with van der Waals surface area (Å²) >= 11 is 0. The van der Waals surface area contributed by atoms with E-state index in [2.05, 4.69) is 0 Å². The zero-order chi connectivity index (χ0) is 9.35. The Balaban J connectivity index is 2.64. The highest BCUT2D eigenvalue weighted by Crippen LogP contribution is 2.37. The number of likely N-dealkylation sites (tertiary alicyclic amines) is 1. The van der Waals surface area contributed by atoms with Gasteiger partial charge in [-0.05, 0) is 12.5 Å². The van der Waals surface area contributed by atoms with E-state index < -0.39 is 11.8 Å². The summed E-state index contributed by atoms with van der Waals surface area (Å²) in [5.41, 5.74) is 0. The number of rotatable bonds is 2. The second kappa shape index (κ2) is 3.29. The molecular formula is C9H17F2N. The third-order valence-corrected chi connectivity index (χ3v) is 2.68. The fourth-order valence-electron chi connectivity index (χ4n) is 1.83. The average molecular weight is 177 g/mol. The smallest absolute Gasteiger partial charge is 0.264 e. The molecule has 0 aliphatic carbocycles. The van der Waals surface area contributed by atoms with Crippen molar-refractivity contribution in [3.63, 3.8) is 0 Å². The lowest BCUT2D eigenvalue weighted by atomic mass is 9.92. The molecule has 1 aliphatic rings. The summed E-state index contributed by atoms with van der Waals surface area (Å²) in [6.45, 7) is 6.92. The molecule has 1 unspecified atom stereocenters. The Morgan fingerprint density at radius 1 is 1.50 bits per heavy atom. The molecule has 0 radical (unpaired) electrons. The van der Waals surface area contributed by atoms with Gasteiger partial charge in [0.15, 0.2) is 0 Å². The first kappa shape index (κ1) is 9.90. The highest BCUT2D eigenvalue weighted by molar-refractivity contribution is 4.91. The summed E-state index contributed by atoms with van der Waals surface area (Å²) in [6, 6.07) is 0. The first-order valence-electron chi connectivity index (χ1n) is 4.57. The minimum absolute atomic E-state index is 0.0493. The topological polar surface area (TPSA) is 3.24 Å². The molecule has 1 atom stereocenters. The van der Waals surface area contributed by atoms with Crippen LogP contribution in [0.3, 0.4) is 0 Å². The average Bonchev–Trinajstić information content (AvgIpc) is 2.25. The second-order valence-electron chi connectivity index (χ2n) is 3.94. The van der Waals surface area contributed by atoms with Crippen LogP contribution < -0.4 is 0 Å². The molecule has 0 spiro atoms. The molecule has 1 fully saturated rings. The first-order valence-corrected chi connectivity index (χ1v) is 4.57. The number of hydrogen-bond acceptors (Lipinski definition) is 1. The van der Waals surface area contributed by atoms with Gasteiger partial charge >= 0.3 is 0 Å². The molecule has 1 aliphatic heterocycles. The van der Waals surface area contributed by atoms with Crippen LogP contribution in [0.2, 0.25) is 0 Å². The van der Waals surface area contributed by atoms with Crippen molar-refractivity contribution in [1.82, 2.24) is 4.90 Å². The van der Waals surface area contributed by atoms with Crippen LogP contribution >= 0.6 is 0 Å². The summed E-state index contributed by atoms with van der Waals surface area (Å²) in [4.78, 5) is 1.82. The lowest BCUT2D eigenvalue weighted by Gasteiger charge is -2.20. The van der Waals surface area contributed by atoms with Gasteiger partial charge in [0.05, 0.1) is 6.54 Å². The van der Waals surface area contributed by atoms with Gasteiger partial charge in [-0.1, -0.05) is 20.8 Å². The third-order valence-electron chi connectivity index (χ3n) is 2.68. The molecule has 0 aromatic carbocycles. The van der Waals surface area contributed by atoms with E-state index in [1.807, 2.05) is 25.7 Å². The normalized spacial score (nSPS) is 30.0. The fourth-order valence-corrected chi connectivity index (χ4v) is 1.83. The molecular weight excluding hydrogens is 160 g/mol. The Morgan fingerprint density at radius 3 is 2.33 bits per heavy atom. The molecule has 1 nitrogen and oxygen atoms in total. The van der Waals surface area contributed by atoms with Crippen LogP contribution in [0.25, 0.3) is 0 Å². The summed E-state index contributed by atoms with van der Waals surface area (Å²) in [5.74, 6) is -2.83. The summed E-state index contributed by atoms with van der Waals surface area (Å²) in [5, 5.41) is 0. The SMILES string of the molecule is CCN1CC(C(C)C)C(F)(F)C1. The van der Waals surface area contributed by atoms with Gasteiger partial charge in [-0.15, -0.1) is 0 Å². The van der Waals surface area contributed by atoms with Crippen molar-refractivity contribution < 1.29 is 8.78 Å².